The van der Waals surface area contributed by atoms with Crippen molar-refractivity contribution in [3.63, 3.8) is 0 Å². The Kier molecular flexibility index (Phi) is 5.28. The first kappa shape index (κ1) is 17.3. The molecule has 0 saturated carbocycles. The molecule has 0 atom stereocenters. The number of rotatable bonds is 3. The minimum absolute atomic E-state index is 0.00544. The molecule has 1 aliphatic rings. The van der Waals surface area contributed by atoms with Crippen LogP contribution in [0.4, 0.5) is 13.2 Å². The van der Waals surface area contributed by atoms with E-state index in [-0.39, 0.29) is 23.3 Å². The number of nitrogens with zero attached hydrogens (tertiary/aromatic N) is 1. The maximum atomic E-state index is 12.5. The summed E-state index contributed by atoms with van der Waals surface area (Å²) in [5.74, 6) is -0.409. The van der Waals surface area contributed by atoms with Gasteiger partial charge < -0.3 is 10.2 Å². The van der Waals surface area contributed by atoms with Crippen LogP contribution in [-0.2, 0) is 11.0 Å². The minimum Gasteiger partial charge on any atom is -0.356 e. The van der Waals surface area contributed by atoms with Crippen molar-refractivity contribution < 1.29 is 22.8 Å². The molecule has 0 aromatic heterocycles. The molecule has 2 amide bonds. The van der Waals surface area contributed by atoms with E-state index in [9.17, 15) is 22.8 Å². The second kappa shape index (κ2) is 7.02. The second-order valence-electron chi connectivity index (χ2n) is 5.54. The zero-order valence-corrected chi connectivity index (χ0v) is 12.8. The summed E-state index contributed by atoms with van der Waals surface area (Å²) in [6.45, 7) is 3.29. The van der Waals surface area contributed by atoms with E-state index in [1.807, 2.05) is 6.92 Å². The molecule has 0 bridgehead atoms. The number of carbonyl (C=O) groups is 2. The lowest BCUT2D eigenvalue weighted by Gasteiger charge is -2.31. The molecule has 126 valence electrons. The third-order valence-electron chi connectivity index (χ3n) is 3.96. The lowest BCUT2D eigenvalue weighted by Crippen LogP contribution is -2.43. The van der Waals surface area contributed by atoms with Crippen LogP contribution in [0.15, 0.2) is 24.3 Å². The van der Waals surface area contributed by atoms with Gasteiger partial charge in [-0.25, -0.2) is 0 Å². The Balaban J connectivity index is 1.96. The molecule has 7 heteroatoms. The Hall–Kier alpha value is -2.05. The number of piperidine rings is 1. The van der Waals surface area contributed by atoms with Gasteiger partial charge in [-0.15, -0.1) is 0 Å². The van der Waals surface area contributed by atoms with Crippen molar-refractivity contribution in [3.05, 3.63) is 35.4 Å². The third kappa shape index (κ3) is 4.24. The van der Waals surface area contributed by atoms with Crippen molar-refractivity contribution in [3.8, 4) is 0 Å². The number of halogens is 3. The monoisotopic (exact) mass is 328 g/mol. The zero-order chi connectivity index (χ0) is 17.0. The number of benzene rings is 1. The number of carbonyl (C=O) groups excluding carboxylic acids is 2. The van der Waals surface area contributed by atoms with Crippen LogP contribution in [0.25, 0.3) is 0 Å². The van der Waals surface area contributed by atoms with E-state index in [1.54, 1.807) is 4.90 Å². The highest BCUT2D eigenvalue weighted by molar-refractivity contribution is 5.94. The number of hydrogen-bond acceptors (Lipinski definition) is 2. The molecule has 1 heterocycles. The van der Waals surface area contributed by atoms with Gasteiger partial charge in [0.1, 0.15) is 0 Å². The molecule has 0 aliphatic carbocycles. The Morgan fingerprint density at radius 3 is 2.22 bits per heavy atom. The quantitative estimate of drug-likeness (QED) is 0.927. The normalized spacial score (nSPS) is 16.3. The first-order valence-corrected chi connectivity index (χ1v) is 7.57. The first-order valence-electron chi connectivity index (χ1n) is 7.57. The zero-order valence-electron chi connectivity index (χ0n) is 12.8. The van der Waals surface area contributed by atoms with Gasteiger partial charge in [-0.1, -0.05) is 0 Å². The van der Waals surface area contributed by atoms with Crippen molar-refractivity contribution in [1.29, 1.82) is 0 Å². The van der Waals surface area contributed by atoms with E-state index in [4.69, 9.17) is 0 Å². The maximum Gasteiger partial charge on any atom is 0.416 e. The van der Waals surface area contributed by atoms with Crippen LogP contribution in [-0.4, -0.2) is 36.3 Å². The molecule has 1 aromatic rings. The number of hydrogen-bond donors (Lipinski definition) is 1. The van der Waals surface area contributed by atoms with Gasteiger partial charge in [0.15, 0.2) is 0 Å². The Labute approximate surface area is 132 Å². The first-order chi connectivity index (χ1) is 10.8. The van der Waals surface area contributed by atoms with Gasteiger partial charge in [0.2, 0.25) is 5.91 Å². The van der Waals surface area contributed by atoms with E-state index in [1.165, 1.54) is 12.1 Å². The number of likely N-dealkylation sites (tertiary alicyclic amines) is 1. The molecule has 1 aliphatic heterocycles. The molecular formula is C16H19F3N2O2. The largest absolute Gasteiger partial charge is 0.416 e. The van der Waals surface area contributed by atoms with Crippen LogP contribution in [0, 0.1) is 5.92 Å². The van der Waals surface area contributed by atoms with Crippen LogP contribution >= 0.6 is 0 Å². The summed E-state index contributed by atoms with van der Waals surface area (Å²) in [6.07, 6.45) is -3.27. The molecule has 0 radical (unpaired) electrons. The summed E-state index contributed by atoms with van der Waals surface area (Å²) in [5, 5.41) is 2.76. The lowest BCUT2D eigenvalue weighted by atomic mass is 9.95. The van der Waals surface area contributed by atoms with Crippen molar-refractivity contribution in [1.82, 2.24) is 10.2 Å². The van der Waals surface area contributed by atoms with E-state index in [2.05, 4.69) is 5.32 Å². The SMILES string of the molecule is CCNC(=O)C1CCN(C(=O)c2ccc(C(F)(F)F)cc2)CC1. The van der Waals surface area contributed by atoms with E-state index in [0.717, 1.165) is 12.1 Å². The smallest absolute Gasteiger partial charge is 0.356 e. The summed E-state index contributed by atoms with van der Waals surface area (Å²) >= 11 is 0. The predicted octanol–water partition coefficient (Wildman–Crippen LogP) is 2.69. The highest BCUT2D eigenvalue weighted by atomic mass is 19.4. The van der Waals surface area contributed by atoms with Crippen molar-refractivity contribution in [2.24, 2.45) is 5.92 Å². The van der Waals surface area contributed by atoms with Crippen LogP contribution < -0.4 is 5.32 Å². The summed E-state index contributed by atoms with van der Waals surface area (Å²) in [4.78, 5) is 25.6. The van der Waals surface area contributed by atoms with Gasteiger partial charge in [-0.2, -0.15) is 13.2 Å². The highest BCUT2D eigenvalue weighted by Gasteiger charge is 2.31. The molecule has 1 aromatic carbocycles. The van der Waals surface area contributed by atoms with Crippen LogP contribution in [0.3, 0.4) is 0 Å². The van der Waals surface area contributed by atoms with E-state index >= 15 is 0 Å². The molecule has 4 nitrogen and oxygen atoms in total. The maximum absolute atomic E-state index is 12.5. The summed E-state index contributed by atoms with van der Waals surface area (Å²) in [5.41, 5.74) is -0.543. The Bertz CT molecular complexity index is 562. The number of alkyl halides is 3. The van der Waals surface area contributed by atoms with Crippen molar-refractivity contribution in [2.75, 3.05) is 19.6 Å². The molecule has 2 rings (SSSR count). The second-order valence-corrected chi connectivity index (χ2v) is 5.54. The van der Waals surface area contributed by atoms with Gasteiger partial charge >= 0.3 is 6.18 Å². The molecule has 1 N–H and O–H groups in total. The average molecular weight is 328 g/mol. The van der Waals surface area contributed by atoms with Crippen LogP contribution in [0.2, 0.25) is 0 Å². The fourth-order valence-electron chi connectivity index (χ4n) is 2.65. The lowest BCUT2D eigenvalue weighted by molar-refractivity contribution is -0.137. The highest BCUT2D eigenvalue weighted by Crippen LogP contribution is 2.29. The van der Waals surface area contributed by atoms with Gasteiger partial charge in [0.05, 0.1) is 5.56 Å². The van der Waals surface area contributed by atoms with E-state index in [0.29, 0.717) is 32.5 Å². The van der Waals surface area contributed by atoms with Gasteiger partial charge in [-0.05, 0) is 44.0 Å². The van der Waals surface area contributed by atoms with Crippen molar-refractivity contribution >= 4 is 11.8 Å². The van der Waals surface area contributed by atoms with Gasteiger partial charge in [-0.3, -0.25) is 9.59 Å². The Morgan fingerprint density at radius 1 is 1.17 bits per heavy atom. The fourth-order valence-corrected chi connectivity index (χ4v) is 2.65. The third-order valence-corrected chi connectivity index (χ3v) is 3.96. The summed E-state index contributed by atoms with van der Waals surface area (Å²) < 4.78 is 37.6. The van der Waals surface area contributed by atoms with Gasteiger partial charge in [0, 0.05) is 31.1 Å². The number of amides is 2. The van der Waals surface area contributed by atoms with Crippen molar-refractivity contribution in [2.45, 2.75) is 25.9 Å². The topological polar surface area (TPSA) is 49.4 Å². The molecule has 1 fully saturated rings. The fraction of sp³-hybridized carbons (Fsp3) is 0.500. The summed E-state index contributed by atoms with van der Waals surface area (Å²) in [7, 11) is 0. The molecule has 0 spiro atoms. The number of nitrogens with one attached hydrogen (secondary N) is 1. The minimum atomic E-state index is -4.41. The molecule has 0 unspecified atom stereocenters. The summed E-state index contributed by atoms with van der Waals surface area (Å²) in [6, 6.07) is 4.21. The average Bonchev–Trinajstić information content (AvgIpc) is 2.54. The predicted molar refractivity (Wildman–Crippen MR) is 78.8 cm³/mol. The molecular weight excluding hydrogens is 309 g/mol. The standard InChI is InChI=1S/C16H19F3N2O2/c1-2-20-14(22)11-7-9-21(10-8-11)15(23)12-3-5-13(6-4-12)16(17,18)19/h3-6,11H,2,7-10H2,1H3,(H,20,22). The molecule has 1 saturated heterocycles. The van der Waals surface area contributed by atoms with Crippen LogP contribution in [0.1, 0.15) is 35.7 Å². The Morgan fingerprint density at radius 2 is 1.74 bits per heavy atom. The van der Waals surface area contributed by atoms with E-state index < -0.39 is 11.7 Å². The molecule has 23 heavy (non-hydrogen) atoms. The van der Waals surface area contributed by atoms with Crippen LogP contribution in [0.5, 0.6) is 0 Å². The van der Waals surface area contributed by atoms with Gasteiger partial charge in [0.25, 0.3) is 5.91 Å².